The van der Waals surface area contributed by atoms with Crippen LogP contribution in [0.15, 0.2) is 53.5 Å². The monoisotopic (exact) mass is 344 g/mol. The maximum atomic E-state index is 11.6. The van der Waals surface area contributed by atoms with Crippen LogP contribution in [-0.2, 0) is 9.63 Å². The Bertz CT molecular complexity index is 694. The van der Waals surface area contributed by atoms with Gasteiger partial charge in [0.1, 0.15) is 0 Å². The lowest BCUT2D eigenvalue weighted by Crippen LogP contribution is -2.26. The van der Waals surface area contributed by atoms with Crippen molar-refractivity contribution in [3.63, 3.8) is 0 Å². The van der Waals surface area contributed by atoms with Crippen molar-refractivity contribution < 1.29 is 9.63 Å². The molecule has 2 rings (SSSR count). The van der Waals surface area contributed by atoms with Crippen molar-refractivity contribution in [2.45, 2.75) is 0 Å². The summed E-state index contributed by atoms with van der Waals surface area (Å²) < 4.78 is 0. The van der Waals surface area contributed by atoms with Crippen LogP contribution < -0.4 is 15.8 Å². The van der Waals surface area contributed by atoms with Crippen LogP contribution in [0.5, 0.6) is 0 Å². The molecule has 24 heavy (non-hydrogen) atoms. The smallest absolute Gasteiger partial charge is 0.268 e. The highest BCUT2D eigenvalue weighted by Crippen LogP contribution is 2.15. The average molecular weight is 344 g/mol. The maximum Gasteiger partial charge on any atom is 0.268 e. The molecule has 0 aliphatic carbocycles. The van der Waals surface area contributed by atoms with Crippen LogP contribution in [0.25, 0.3) is 5.70 Å². The second-order valence-electron chi connectivity index (χ2n) is 5.13. The van der Waals surface area contributed by atoms with Gasteiger partial charge in [0, 0.05) is 19.8 Å². The first-order chi connectivity index (χ1) is 11.6. The van der Waals surface area contributed by atoms with Crippen molar-refractivity contribution in [1.29, 1.82) is 0 Å². The number of rotatable bonds is 8. The van der Waals surface area contributed by atoms with Crippen LogP contribution in [0, 0.1) is 0 Å². The number of amides is 1. The van der Waals surface area contributed by atoms with E-state index in [0.717, 1.165) is 16.1 Å². The average Bonchev–Trinajstić information content (AvgIpc) is 3.10. The topological polar surface area (TPSA) is 66.0 Å². The molecule has 0 unspecified atom stereocenters. The Balaban J connectivity index is 1.69. The molecular formula is C17H20N4O2S. The fraction of sp³-hybridized carbons (Fsp3) is 0.176. The van der Waals surface area contributed by atoms with E-state index in [-0.39, 0.29) is 12.5 Å². The minimum absolute atomic E-state index is 0.165. The van der Waals surface area contributed by atoms with Crippen molar-refractivity contribution in [3.05, 3.63) is 58.8 Å². The van der Waals surface area contributed by atoms with Gasteiger partial charge in [0.2, 0.25) is 0 Å². The number of nitrogens with zero attached hydrogens (tertiary/aromatic N) is 2. The van der Waals surface area contributed by atoms with Crippen molar-refractivity contribution >= 4 is 34.8 Å². The predicted octanol–water partition coefficient (Wildman–Crippen LogP) is 2.46. The quantitative estimate of drug-likeness (QED) is 0.570. The number of nitrogens with one attached hydrogen (secondary N) is 2. The van der Waals surface area contributed by atoms with E-state index < -0.39 is 0 Å². The number of carbonyl (C=O) groups is 1. The SMILES string of the molecule is C=C(NOCC(=O)N/N=C\c1ccc(N(C)C)cc1)c1cccs1. The summed E-state index contributed by atoms with van der Waals surface area (Å²) in [5.41, 5.74) is 7.65. The van der Waals surface area contributed by atoms with Gasteiger partial charge in [-0.3, -0.25) is 15.1 Å². The summed E-state index contributed by atoms with van der Waals surface area (Å²) in [6, 6.07) is 11.6. The van der Waals surface area contributed by atoms with Crippen LogP contribution in [0.1, 0.15) is 10.4 Å². The lowest BCUT2D eigenvalue weighted by molar-refractivity contribution is -0.127. The highest BCUT2D eigenvalue weighted by molar-refractivity contribution is 7.11. The minimum Gasteiger partial charge on any atom is -0.378 e. The molecule has 1 aromatic heterocycles. The highest BCUT2D eigenvalue weighted by atomic mass is 32.1. The second kappa shape index (κ2) is 8.85. The van der Waals surface area contributed by atoms with Crippen LogP contribution >= 0.6 is 11.3 Å². The van der Waals surface area contributed by atoms with E-state index in [1.54, 1.807) is 6.21 Å². The first-order valence-corrected chi connectivity index (χ1v) is 8.14. The van der Waals surface area contributed by atoms with Gasteiger partial charge in [-0.1, -0.05) is 24.8 Å². The lowest BCUT2D eigenvalue weighted by atomic mass is 10.2. The van der Waals surface area contributed by atoms with E-state index >= 15 is 0 Å². The maximum absolute atomic E-state index is 11.6. The third-order valence-electron chi connectivity index (χ3n) is 3.03. The molecule has 6 nitrogen and oxygen atoms in total. The van der Waals surface area contributed by atoms with Crippen molar-refractivity contribution in [1.82, 2.24) is 10.9 Å². The molecule has 1 heterocycles. The zero-order valence-corrected chi connectivity index (χ0v) is 14.5. The van der Waals surface area contributed by atoms with Gasteiger partial charge < -0.3 is 4.90 Å². The molecule has 0 aliphatic rings. The van der Waals surface area contributed by atoms with E-state index in [2.05, 4.69) is 22.6 Å². The fourth-order valence-electron chi connectivity index (χ4n) is 1.76. The Labute approximate surface area is 145 Å². The van der Waals surface area contributed by atoms with Crippen molar-refractivity contribution in [2.75, 3.05) is 25.6 Å². The summed E-state index contributed by atoms with van der Waals surface area (Å²) in [6.45, 7) is 3.66. The normalized spacial score (nSPS) is 10.6. The van der Waals surface area contributed by atoms with Crippen molar-refractivity contribution in [2.24, 2.45) is 5.10 Å². The Morgan fingerprint density at radius 2 is 2.08 bits per heavy atom. The molecule has 0 bridgehead atoms. The zero-order valence-electron chi connectivity index (χ0n) is 13.7. The summed E-state index contributed by atoms with van der Waals surface area (Å²) in [5, 5.41) is 5.84. The number of anilines is 1. The molecule has 1 amide bonds. The molecule has 0 saturated carbocycles. The Kier molecular flexibility index (Phi) is 6.53. The summed E-state index contributed by atoms with van der Waals surface area (Å²) in [4.78, 5) is 19.7. The van der Waals surface area contributed by atoms with Gasteiger partial charge in [-0.15, -0.1) is 11.3 Å². The molecule has 0 spiro atoms. The van der Waals surface area contributed by atoms with Crippen LogP contribution in [-0.4, -0.2) is 32.8 Å². The van der Waals surface area contributed by atoms with Gasteiger partial charge in [0.15, 0.2) is 6.61 Å². The molecule has 0 fully saturated rings. The van der Waals surface area contributed by atoms with E-state index in [1.165, 1.54) is 11.3 Å². The number of benzene rings is 1. The molecule has 0 radical (unpaired) electrons. The molecule has 7 heteroatoms. The minimum atomic E-state index is -0.359. The summed E-state index contributed by atoms with van der Waals surface area (Å²) >= 11 is 1.53. The van der Waals surface area contributed by atoms with Crippen molar-refractivity contribution in [3.8, 4) is 0 Å². The van der Waals surface area contributed by atoms with Gasteiger partial charge >= 0.3 is 0 Å². The van der Waals surface area contributed by atoms with E-state index in [9.17, 15) is 4.79 Å². The Morgan fingerprint density at radius 3 is 2.71 bits per heavy atom. The van der Waals surface area contributed by atoms with Gasteiger partial charge in [-0.25, -0.2) is 5.43 Å². The second-order valence-corrected chi connectivity index (χ2v) is 6.07. The number of hydroxylamine groups is 1. The van der Waals surface area contributed by atoms with Gasteiger partial charge in [0.25, 0.3) is 5.91 Å². The number of hydrogen-bond donors (Lipinski definition) is 2. The third-order valence-corrected chi connectivity index (χ3v) is 3.96. The fourth-order valence-corrected chi connectivity index (χ4v) is 2.40. The Morgan fingerprint density at radius 1 is 1.33 bits per heavy atom. The molecule has 0 aliphatic heterocycles. The molecule has 0 atom stereocenters. The molecular weight excluding hydrogens is 324 g/mol. The third kappa shape index (κ3) is 5.53. The molecule has 0 saturated heterocycles. The first kappa shape index (κ1) is 17.7. The summed E-state index contributed by atoms with van der Waals surface area (Å²) in [5.74, 6) is -0.359. The molecule has 2 aromatic rings. The number of thiophene rings is 1. The van der Waals surface area contributed by atoms with E-state index in [1.807, 2.05) is 60.8 Å². The zero-order chi connectivity index (χ0) is 17.4. The van der Waals surface area contributed by atoms with Crippen LogP contribution in [0.2, 0.25) is 0 Å². The van der Waals surface area contributed by atoms with Gasteiger partial charge in [-0.05, 0) is 29.1 Å². The standard InChI is InChI=1S/C17H20N4O2S/c1-13(16-5-4-10-24-16)20-23-12-17(22)19-18-11-14-6-8-15(9-7-14)21(2)3/h4-11,20H,1,12H2,2-3H3,(H,19,22)/b18-11-. The number of carbonyl (C=O) groups excluding carboxylic acids is 1. The highest BCUT2D eigenvalue weighted by Gasteiger charge is 2.02. The Hall–Kier alpha value is -2.64. The van der Waals surface area contributed by atoms with Crippen LogP contribution in [0.4, 0.5) is 5.69 Å². The molecule has 126 valence electrons. The van der Waals surface area contributed by atoms with Gasteiger partial charge in [0.05, 0.1) is 16.8 Å². The van der Waals surface area contributed by atoms with Crippen LogP contribution in [0.3, 0.4) is 0 Å². The van der Waals surface area contributed by atoms with E-state index in [4.69, 9.17) is 4.84 Å². The molecule has 1 aromatic carbocycles. The van der Waals surface area contributed by atoms with Gasteiger partial charge in [-0.2, -0.15) is 5.10 Å². The first-order valence-electron chi connectivity index (χ1n) is 7.26. The summed E-state index contributed by atoms with van der Waals surface area (Å²) in [7, 11) is 3.95. The number of hydrogen-bond acceptors (Lipinski definition) is 6. The summed E-state index contributed by atoms with van der Waals surface area (Å²) in [6.07, 6.45) is 1.58. The predicted molar refractivity (Wildman–Crippen MR) is 98.9 cm³/mol. The molecule has 2 N–H and O–H groups in total. The largest absolute Gasteiger partial charge is 0.378 e. The van der Waals surface area contributed by atoms with E-state index in [0.29, 0.717) is 5.70 Å². The number of hydrazone groups is 1. The lowest BCUT2D eigenvalue weighted by Gasteiger charge is -2.11.